The Morgan fingerprint density at radius 1 is 1.12 bits per heavy atom. The number of azo groups is 1. The van der Waals surface area contributed by atoms with E-state index in [0.717, 1.165) is 5.56 Å². The molecule has 0 aliphatic rings. The first-order valence-corrected chi connectivity index (χ1v) is 7.67. The molecule has 0 aliphatic heterocycles. The predicted molar refractivity (Wildman–Crippen MR) is 95.6 cm³/mol. The lowest BCUT2D eigenvalue weighted by Crippen LogP contribution is -1.96. The molecule has 2 aromatic carbocycles. The van der Waals surface area contributed by atoms with Crippen molar-refractivity contribution in [2.75, 3.05) is 5.73 Å². The number of rotatable bonds is 4. The van der Waals surface area contributed by atoms with Gasteiger partial charge in [0.1, 0.15) is 11.5 Å². The summed E-state index contributed by atoms with van der Waals surface area (Å²) in [6, 6.07) is 13.2. The first-order valence-electron chi connectivity index (χ1n) is 7.29. The Balaban J connectivity index is 1.96. The van der Waals surface area contributed by atoms with Crippen LogP contribution in [0.1, 0.15) is 10.4 Å². The fraction of sp³-hybridized carbons (Fsp3) is 0.0588. The number of carbonyl (C=O) groups is 1. The summed E-state index contributed by atoms with van der Waals surface area (Å²) in [4.78, 5) is 10.9. The van der Waals surface area contributed by atoms with Gasteiger partial charge < -0.3 is 10.8 Å². The van der Waals surface area contributed by atoms with Crippen molar-refractivity contribution in [3.8, 4) is 11.3 Å². The van der Waals surface area contributed by atoms with Gasteiger partial charge in [-0.2, -0.15) is 10.2 Å². The van der Waals surface area contributed by atoms with Gasteiger partial charge in [-0.25, -0.2) is 4.79 Å². The molecule has 25 heavy (non-hydrogen) atoms. The molecule has 0 atom stereocenters. The van der Waals surface area contributed by atoms with Crippen LogP contribution in [0.4, 0.5) is 17.2 Å². The second kappa shape index (κ2) is 6.74. The van der Waals surface area contributed by atoms with E-state index in [-0.39, 0.29) is 5.56 Å². The van der Waals surface area contributed by atoms with E-state index in [0.29, 0.717) is 27.9 Å². The Morgan fingerprint density at radius 2 is 1.76 bits per heavy atom. The minimum Gasteiger partial charge on any atom is -0.478 e. The number of nitrogen functional groups attached to an aromatic ring is 1. The van der Waals surface area contributed by atoms with Gasteiger partial charge in [0.05, 0.1) is 11.3 Å². The average molecular weight is 356 g/mol. The standard InChI is InChI=1S/C17H14ClN5O2/c1-23-16(19)15(14(22-23)10-2-6-12(18)7-3-10)21-20-13-8-4-11(5-9-13)17(24)25/h2-9H,19H2,1H3,(H,24,25). The van der Waals surface area contributed by atoms with Crippen LogP contribution in [-0.2, 0) is 7.05 Å². The summed E-state index contributed by atoms with van der Waals surface area (Å²) in [6.07, 6.45) is 0. The second-order valence-corrected chi connectivity index (χ2v) is 5.70. The highest BCUT2D eigenvalue weighted by atomic mass is 35.5. The van der Waals surface area contributed by atoms with Crippen LogP contribution < -0.4 is 5.73 Å². The Kier molecular flexibility index (Phi) is 4.49. The molecule has 8 heteroatoms. The molecule has 0 saturated heterocycles. The van der Waals surface area contributed by atoms with Crippen molar-refractivity contribution in [3.63, 3.8) is 0 Å². The lowest BCUT2D eigenvalue weighted by Gasteiger charge is -1.99. The van der Waals surface area contributed by atoms with Crippen LogP contribution in [0.5, 0.6) is 0 Å². The quantitative estimate of drug-likeness (QED) is 0.675. The molecule has 0 unspecified atom stereocenters. The number of nitrogens with two attached hydrogens (primary N) is 1. The molecule has 0 aliphatic carbocycles. The van der Waals surface area contributed by atoms with Gasteiger partial charge >= 0.3 is 5.97 Å². The normalized spacial score (nSPS) is 11.1. The molecule has 0 spiro atoms. The Labute approximate surface area is 148 Å². The van der Waals surface area contributed by atoms with Gasteiger partial charge in [-0.1, -0.05) is 23.7 Å². The summed E-state index contributed by atoms with van der Waals surface area (Å²) in [5.41, 5.74) is 8.57. The zero-order chi connectivity index (χ0) is 18.0. The largest absolute Gasteiger partial charge is 0.478 e. The Bertz CT molecular complexity index is 946. The fourth-order valence-corrected chi connectivity index (χ4v) is 2.33. The maximum absolute atomic E-state index is 10.9. The van der Waals surface area contributed by atoms with E-state index in [9.17, 15) is 4.79 Å². The van der Waals surface area contributed by atoms with Crippen molar-refractivity contribution in [1.82, 2.24) is 9.78 Å². The van der Waals surface area contributed by atoms with Gasteiger partial charge in [0.25, 0.3) is 0 Å². The highest BCUT2D eigenvalue weighted by molar-refractivity contribution is 6.30. The van der Waals surface area contributed by atoms with Gasteiger partial charge in [0.2, 0.25) is 0 Å². The summed E-state index contributed by atoms with van der Waals surface area (Å²) in [7, 11) is 1.72. The number of aryl methyl sites for hydroxylation is 1. The van der Waals surface area contributed by atoms with Crippen LogP contribution in [-0.4, -0.2) is 20.9 Å². The molecule has 3 aromatic rings. The number of hydrogen-bond donors (Lipinski definition) is 2. The van der Waals surface area contributed by atoms with Crippen molar-refractivity contribution in [1.29, 1.82) is 0 Å². The maximum atomic E-state index is 10.9. The molecular formula is C17H14ClN5O2. The highest BCUT2D eigenvalue weighted by Gasteiger charge is 2.15. The number of benzene rings is 2. The van der Waals surface area contributed by atoms with Crippen molar-refractivity contribution in [2.24, 2.45) is 17.3 Å². The van der Waals surface area contributed by atoms with Gasteiger partial charge in [-0.3, -0.25) is 4.68 Å². The van der Waals surface area contributed by atoms with Gasteiger partial charge in [-0.05, 0) is 36.4 Å². The van der Waals surface area contributed by atoms with Gasteiger partial charge in [0.15, 0.2) is 5.69 Å². The van der Waals surface area contributed by atoms with E-state index in [2.05, 4.69) is 15.3 Å². The number of aromatic carboxylic acids is 1. The number of carboxylic acids is 1. The molecule has 126 valence electrons. The molecule has 0 bridgehead atoms. The topological polar surface area (TPSA) is 106 Å². The van der Waals surface area contributed by atoms with E-state index in [1.807, 2.05) is 12.1 Å². The number of carboxylic acid groups (broad SMARTS) is 1. The monoisotopic (exact) mass is 355 g/mol. The average Bonchev–Trinajstić information content (AvgIpc) is 2.89. The Morgan fingerprint density at radius 3 is 2.36 bits per heavy atom. The second-order valence-electron chi connectivity index (χ2n) is 5.26. The third-order valence-electron chi connectivity index (χ3n) is 3.56. The van der Waals surface area contributed by atoms with Crippen LogP contribution in [0.2, 0.25) is 5.02 Å². The Hall–Kier alpha value is -3.19. The number of halogens is 1. The van der Waals surface area contributed by atoms with Crippen molar-refractivity contribution in [3.05, 3.63) is 59.1 Å². The molecule has 3 N–H and O–H groups in total. The van der Waals surface area contributed by atoms with Gasteiger partial charge in [0, 0.05) is 17.6 Å². The highest BCUT2D eigenvalue weighted by Crippen LogP contribution is 2.35. The number of nitrogens with zero attached hydrogens (tertiary/aromatic N) is 4. The molecule has 1 heterocycles. The van der Waals surface area contributed by atoms with E-state index in [1.165, 1.54) is 16.8 Å². The van der Waals surface area contributed by atoms with E-state index in [4.69, 9.17) is 22.4 Å². The van der Waals surface area contributed by atoms with Crippen molar-refractivity contribution in [2.45, 2.75) is 0 Å². The van der Waals surface area contributed by atoms with Crippen LogP contribution >= 0.6 is 11.6 Å². The summed E-state index contributed by atoms with van der Waals surface area (Å²) in [6.45, 7) is 0. The lowest BCUT2D eigenvalue weighted by atomic mass is 10.1. The minimum atomic E-state index is -0.995. The van der Waals surface area contributed by atoms with Crippen LogP contribution in [0.15, 0.2) is 58.8 Å². The fourth-order valence-electron chi connectivity index (χ4n) is 2.21. The molecule has 0 amide bonds. The van der Waals surface area contributed by atoms with Crippen molar-refractivity contribution < 1.29 is 9.90 Å². The molecule has 7 nitrogen and oxygen atoms in total. The molecular weight excluding hydrogens is 342 g/mol. The summed E-state index contributed by atoms with van der Waals surface area (Å²) in [5, 5.41) is 22.2. The third kappa shape index (κ3) is 3.51. The molecule has 3 rings (SSSR count). The molecule has 1 aromatic heterocycles. The summed E-state index contributed by atoms with van der Waals surface area (Å²) < 4.78 is 1.52. The van der Waals surface area contributed by atoms with Crippen LogP contribution in [0, 0.1) is 0 Å². The minimum absolute atomic E-state index is 0.182. The van der Waals surface area contributed by atoms with E-state index in [1.54, 1.807) is 31.3 Å². The van der Waals surface area contributed by atoms with Crippen molar-refractivity contribution >= 4 is 34.8 Å². The molecule has 0 saturated carbocycles. The van der Waals surface area contributed by atoms with Gasteiger partial charge in [-0.15, -0.1) is 5.11 Å². The van der Waals surface area contributed by atoms with Crippen LogP contribution in [0.25, 0.3) is 11.3 Å². The third-order valence-corrected chi connectivity index (χ3v) is 3.81. The molecule has 0 fully saturated rings. The maximum Gasteiger partial charge on any atom is 0.335 e. The SMILES string of the molecule is Cn1nc(-c2ccc(Cl)cc2)c(N=Nc2ccc(C(=O)O)cc2)c1N. The predicted octanol–water partition coefficient (Wildman–Crippen LogP) is 4.44. The smallest absolute Gasteiger partial charge is 0.335 e. The first-order chi connectivity index (χ1) is 12.0. The number of hydrogen-bond acceptors (Lipinski definition) is 5. The molecule has 0 radical (unpaired) electrons. The number of aromatic nitrogens is 2. The van der Waals surface area contributed by atoms with E-state index >= 15 is 0 Å². The zero-order valence-electron chi connectivity index (χ0n) is 13.2. The number of anilines is 1. The summed E-state index contributed by atoms with van der Waals surface area (Å²) in [5.74, 6) is -0.624. The summed E-state index contributed by atoms with van der Waals surface area (Å²) >= 11 is 5.92. The first kappa shape index (κ1) is 16.7. The zero-order valence-corrected chi connectivity index (χ0v) is 14.0. The lowest BCUT2D eigenvalue weighted by molar-refractivity contribution is 0.0697. The van der Waals surface area contributed by atoms with E-state index < -0.39 is 5.97 Å². The van der Waals surface area contributed by atoms with Crippen LogP contribution in [0.3, 0.4) is 0 Å².